The highest BCUT2D eigenvalue weighted by Crippen LogP contribution is 2.60. The number of amides is 2. The Bertz CT molecular complexity index is 1190. The highest BCUT2D eigenvalue weighted by molar-refractivity contribution is 6.55. The zero-order chi connectivity index (χ0) is 26.8. The quantitative estimate of drug-likeness (QED) is 0.342. The maximum atomic E-state index is 12.8. The number of rotatable bonds is 8. The number of carbonyl (C=O) groups is 2. The lowest BCUT2D eigenvalue weighted by Crippen LogP contribution is -2.25. The van der Waals surface area contributed by atoms with E-state index in [-0.39, 0.29) is 45.1 Å². The molecule has 1 aliphatic rings. The molecule has 2 unspecified atom stereocenters. The van der Waals surface area contributed by atoms with Crippen LogP contribution in [0.5, 0.6) is 0 Å². The van der Waals surface area contributed by atoms with E-state index in [0.29, 0.717) is 29.8 Å². The Morgan fingerprint density at radius 2 is 1.89 bits per heavy atom. The standard InChI is InChI=1S/C25H25Cl3F3N3O2/c1-13-9-14(6-7-18(13)34-23(36)21-16(11-20(27)28)24(21,2)3)22(35)32-8-4-5-19-17(26)10-15(12-33-19)25(29,30)31/h6-7,9-12,16,21H,4-5,8H2,1-3H3,(H,32,35)(H,34,36). The number of alkyl halides is 3. The number of benzene rings is 1. The van der Waals surface area contributed by atoms with Gasteiger partial charge in [0.25, 0.3) is 5.91 Å². The fourth-order valence-electron chi connectivity index (χ4n) is 4.15. The number of aromatic nitrogens is 1. The number of anilines is 1. The second-order valence-electron chi connectivity index (χ2n) is 9.31. The Balaban J connectivity index is 1.52. The molecule has 2 amide bonds. The SMILES string of the molecule is Cc1cc(C(=O)NCCCc2ncc(C(F)(F)F)cc2Cl)ccc1NC(=O)C1C(C=C(Cl)Cl)C1(C)C. The third-order valence-corrected chi connectivity index (χ3v) is 6.95. The summed E-state index contributed by atoms with van der Waals surface area (Å²) in [5, 5.41) is 5.61. The number of halogens is 6. The van der Waals surface area contributed by atoms with Crippen LogP contribution >= 0.6 is 34.8 Å². The number of allylic oxidation sites excluding steroid dienone is 1. The first kappa shape index (κ1) is 28.3. The van der Waals surface area contributed by atoms with Gasteiger partial charge in [0.15, 0.2) is 0 Å². The van der Waals surface area contributed by atoms with E-state index < -0.39 is 11.7 Å². The second-order valence-corrected chi connectivity index (χ2v) is 10.7. The van der Waals surface area contributed by atoms with E-state index in [2.05, 4.69) is 15.6 Å². The van der Waals surface area contributed by atoms with Gasteiger partial charge < -0.3 is 10.6 Å². The summed E-state index contributed by atoms with van der Waals surface area (Å²) in [4.78, 5) is 29.1. The van der Waals surface area contributed by atoms with Crippen molar-refractivity contribution in [2.75, 3.05) is 11.9 Å². The number of hydrogen-bond acceptors (Lipinski definition) is 3. The fraction of sp³-hybridized carbons (Fsp3) is 0.400. The maximum absolute atomic E-state index is 12.8. The van der Waals surface area contributed by atoms with E-state index in [1.165, 1.54) is 0 Å². The minimum absolute atomic E-state index is 0.0551. The Kier molecular flexibility index (Phi) is 8.63. The van der Waals surface area contributed by atoms with Crippen LogP contribution in [-0.4, -0.2) is 23.3 Å². The molecule has 2 N–H and O–H groups in total. The van der Waals surface area contributed by atoms with E-state index in [9.17, 15) is 22.8 Å². The molecule has 0 aliphatic heterocycles. The molecule has 0 radical (unpaired) electrons. The molecule has 1 aromatic carbocycles. The summed E-state index contributed by atoms with van der Waals surface area (Å²) in [5.74, 6) is -0.778. The molecular weight excluding hydrogens is 538 g/mol. The number of hydrogen-bond donors (Lipinski definition) is 2. The van der Waals surface area contributed by atoms with E-state index >= 15 is 0 Å². The van der Waals surface area contributed by atoms with Crippen LogP contribution in [0.2, 0.25) is 5.02 Å². The highest BCUT2D eigenvalue weighted by atomic mass is 35.5. The fourth-order valence-corrected chi connectivity index (χ4v) is 4.68. The summed E-state index contributed by atoms with van der Waals surface area (Å²) < 4.78 is 38.3. The van der Waals surface area contributed by atoms with Gasteiger partial charge in [0, 0.05) is 24.0 Å². The van der Waals surface area contributed by atoms with Crippen molar-refractivity contribution in [1.82, 2.24) is 10.3 Å². The van der Waals surface area contributed by atoms with Gasteiger partial charge in [-0.25, -0.2) is 0 Å². The predicted octanol–water partition coefficient (Wildman–Crippen LogP) is 6.95. The maximum Gasteiger partial charge on any atom is 0.417 e. The summed E-state index contributed by atoms with van der Waals surface area (Å²) in [6.45, 7) is 6.01. The van der Waals surface area contributed by atoms with Gasteiger partial charge in [-0.05, 0) is 67.0 Å². The molecule has 5 nitrogen and oxygen atoms in total. The molecule has 3 rings (SSSR count). The van der Waals surface area contributed by atoms with Gasteiger partial charge in [-0.3, -0.25) is 14.6 Å². The number of aryl methyl sites for hydroxylation is 2. The van der Waals surface area contributed by atoms with Crippen molar-refractivity contribution >= 4 is 52.3 Å². The smallest absolute Gasteiger partial charge is 0.352 e. The normalized spacial score (nSPS) is 18.4. The van der Waals surface area contributed by atoms with Crippen molar-refractivity contribution < 1.29 is 22.8 Å². The van der Waals surface area contributed by atoms with Crippen molar-refractivity contribution in [2.45, 2.75) is 39.8 Å². The molecule has 2 atom stereocenters. The molecule has 0 saturated heterocycles. The Morgan fingerprint density at radius 3 is 2.47 bits per heavy atom. The van der Waals surface area contributed by atoms with Crippen LogP contribution in [0.25, 0.3) is 0 Å². The first-order valence-corrected chi connectivity index (χ1v) is 12.3. The van der Waals surface area contributed by atoms with E-state index in [4.69, 9.17) is 34.8 Å². The monoisotopic (exact) mass is 561 g/mol. The average Bonchev–Trinajstić information content (AvgIpc) is 3.31. The van der Waals surface area contributed by atoms with Gasteiger partial charge in [-0.15, -0.1) is 0 Å². The molecule has 36 heavy (non-hydrogen) atoms. The Morgan fingerprint density at radius 1 is 1.19 bits per heavy atom. The first-order valence-electron chi connectivity index (χ1n) is 11.2. The molecule has 1 fully saturated rings. The molecule has 1 saturated carbocycles. The van der Waals surface area contributed by atoms with Crippen LogP contribution in [0.1, 0.15) is 47.4 Å². The zero-order valence-electron chi connectivity index (χ0n) is 19.8. The van der Waals surface area contributed by atoms with Crippen LogP contribution in [0, 0.1) is 24.2 Å². The largest absolute Gasteiger partial charge is 0.417 e. The Labute approximate surface area is 222 Å². The van der Waals surface area contributed by atoms with Gasteiger partial charge in [-0.1, -0.05) is 48.7 Å². The number of pyridine rings is 1. The lowest BCUT2D eigenvalue weighted by molar-refractivity contribution is -0.137. The number of nitrogens with one attached hydrogen (secondary N) is 2. The molecule has 0 bridgehead atoms. The number of carbonyl (C=O) groups excluding carboxylic acids is 2. The van der Waals surface area contributed by atoms with E-state index in [1.807, 2.05) is 13.8 Å². The van der Waals surface area contributed by atoms with Crippen molar-refractivity contribution in [3.05, 3.63) is 68.4 Å². The molecule has 11 heteroatoms. The molecule has 1 aliphatic carbocycles. The zero-order valence-corrected chi connectivity index (χ0v) is 22.0. The highest BCUT2D eigenvalue weighted by Gasteiger charge is 2.60. The predicted molar refractivity (Wildman–Crippen MR) is 135 cm³/mol. The van der Waals surface area contributed by atoms with Gasteiger partial charge >= 0.3 is 6.18 Å². The third-order valence-electron chi connectivity index (χ3n) is 6.37. The number of nitrogens with zero attached hydrogens (tertiary/aromatic N) is 1. The summed E-state index contributed by atoms with van der Waals surface area (Å²) in [7, 11) is 0. The summed E-state index contributed by atoms with van der Waals surface area (Å²) in [6, 6.07) is 5.80. The average molecular weight is 563 g/mol. The first-order chi connectivity index (χ1) is 16.7. The lowest BCUT2D eigenvalue weighted by atomic mass is 10.1. The van der Waals surface area contributed by atoms with Gasteiger partial charge in [-0.2, -0.15) is 13.2 Å². The van der Waals surface area contributed by atoms with Crippen LogP contribution in [0.3, 0.4) is 0 Å². The van der Waals surface area contributed by atoms with Crippen LogP contribution in [0.4, 0.5) is 18.9 Å². The van der Waals surface area contributed by atoms with Crippen LogP contribution in [-0.2, 0) is 17.4 Å². The minimum Gasteiger partial charge on any atom is -0.352 e. The molecule has 0 spiro atoms. The van der Waals surface area contributed by atoms with Gasteiger partial charge in [0.2, 0.25) is 5.91 Å². The molecule has 2 aromatic rings. The summed E-state index contributed by atoms with van der Waals surface area (Å²) in [5.41, 5.74) is 0.904. The molecular formula is C25H25Cl3F3N3O2. The summed E-state index contributed by atoms with van der Waals surface area (Å²) in [6.07, 6.45) is -1.33. The van der Waals surface area contributed by atoms with E-state index in [0.717, 1.165) is 17.8 Å². The summed E-state index contributed by atoms with van der Waals surface area (Å²) >= 11 is 17.4. The molecule has 194 valence electrons. The van der Waals surface area contributed by atoms with Crippen LogP contribution in [0.15, 0.2) is 41.0 Å². The van der Waals surface area contributed by atoms with Gasteiger partial charge in [0.1, 0.15) is 4.49 Å². The van der Waals surface area contributed by atoms with Gasteiger partial charge in [0.05, 0.1) is 22.2 Å². The molecule has 1 heterocycles. The third kappa shape index (κ3) is 6.72. The van der Waals surface area contributed by atoms with Crippen molar-refractivity contribution in [2.24, 2.45) is 17.3 Å². The minimum atomic E-state index is -4.51. The van der Waals surface area contributed by atoms with Crippen molar-refractivity contribution in [1.29, 1.82) is 0 Å². The molecule has 1 aromatic heterocycles. The van der Waals surface area contributed by atoms with Crippen LogP contribution < -0.4 is 10.6 Å². The van der Waals surface area contributed by atoms with Crippen molar-refractivity contribution in [3.63, 3.8) is 0 Å². The Hall–Kier alpha value is -2.29. The lowest BCUT2D eigenvalue weighted by Gasteiger charge is -2.12. The van der Waals surface area contributed by atoms with E-state index in [1.54, 1.807) is 31.2 Å². The topological polar surface area (TPSA) is 71.1 Å². The van der Waals surface area contributed by atoms with Crippen molar-refractivity contribution in [3.8, 4) is 0 Å². The second kappa shape index (κ2) is 11.0.